The fourth-order valence-electron chi connectivity index (χ4n) is 4.11. The van der Waals surface area contributed by atoms with Crippen LogP contribution < -0.4 is 0 Å². The molecule has 0 saturated heterocycles. The minimum atomic E-state index is -1.15. The Kier molecular flexibility index (Phi) is 9.41. The van der Waals surface area contributed by atoms with E-state index >= 15 is 0 Å². The van der Waals surface area contributed by atoms with E-state index in [-0.39, 0.29) is 30.2 Å². The molecule has 6 nitrogen and oxygen atoms in total. The van der Waals surface area contributed by atoms with Gasteiger partial charge in [0, 0.05) is 21.2 Å². The number of nitrogens with zero attached hydrogens (tertiary/aromatic N) is 1. The lowest BCUT2D eigenvalue weighted by Crippen LogP contribution is -2.46. The second kappa shape index (κ2) is 12.9. The van der Waals surface area contributed by atoms with Crippen molar-refractivity contribution in [3.63, 3.8) is 0 Å². The van der Waals surface area contributed by atoms with E-state index in [1.54, 1.807) is 31.2 Å². The summed E-state index contributed by atoms with van der Waals surface area (Å²) >= 11 is 13.8. The maximum atomic E-state index is 13.8. The van der Waals surface area contributed by atoms with Gasteiger partial charge in [0.2, 0.25) is 0 Å². The Bertz CT molecular complexity index is 1490. The average Bonchev–Trinajstić information content (AvgIpc) is 3.40. The van der Waals surface area contributed by atoms with Crippen molar-refractivity contribution in [3.05, 3.63) is 117 Å². The summed E-state index contributed by atoms with van der Waals surface area (Å²) in [5, 5.41) is 10.7. The molecular weight excluding hydrogens is 557 g/mol. The summed E-state index contributed by atoms with van der Waals surface area (Å²) in [5.41, 5.74) is 2.20. The third kappa shape index (κ3) is 7.06. The van der Waals surface area contributed by atoms with E-state index in [2.05, 4.69) is 0 Å². The maximum Gasteiger partial charge on any atom is 0.338 e. The normalized spacial score (nSPS) is 11.6. The summed E-state index contributed by atoms with van der Waals surface area (Å²) in [6.07, 6.45) is 0.118. The van der Waals surface area contributed by atoms with E-state index < -0.39 is 23.9 Å². The first-order valence-electron chi connectivity index (χ1n) is 12.2. The van der Waals surface area contributed by atoms with E-state index in [1.807, 2.05) is 48.5 Å². The number of carbonyl (C=O) groups is 3. The molecule has 0 fully saturated rings. The summed E-state index contributed by atoms with van der Waals surface area (Å²) in [7, 11) is 0. The van der Waals surface area contributed by atoms with E-state index in [9.17, 15) is 19.5 Å². The van der Waals surface area contributed by atoms with Crippen molar-refractivity contribution in [1.29, 1.82) is 0 Å². The first-order valence-corrected chi connectivity index (χ1v) is 13.7. The monoisotopic (exact) mass is 581 g/mol. The number of esters is 1. The van der Waals surface area contributed by atoms with E-state index in [4.69, 9.17) is 27.9 Å². The number of carbonyl (C=O) groups excluding carboxylic acids is 2. The van der Waals surface area contributed by atoms with Gasteiger partial charge >= 0.3 is 11.9 Å². The summed E-state index contributed by atoms with van der Waals surface area (Å²) < 4.78 is 5.11. The minimum absolute atomic E-state index is 0.0455. The largest absolute Gasteiger partial charge is 0.480 e. The lowest BCUT2D eigenvalue weighted by Gasteiger charge is -2.29. The maximum absolute atomic E-state index is 13.8. The van der Waals surface area contributed by atoms with Gasteiger partial charge in [-0.1, -0.05) is 65.7 Å². The molecule has 0 aliphatic rings. The minimum Gasteiger partial charge on any atom is -0.480 e. The number of ether oxygens (including phenoxy) is 1. The van der Waals surface area contributed by atoms with Gasteiger partial charge in [-0.2, -0.15) is 0 Å². The zero-order valence-electron chi connectivity index (χ0n) is 21.0. The molecule has 9 heteroatoms. The fourth-order valence-corrected chi connectivity index (χ4v) is 5.60. The number of hydrogen-bond acceptors (Lipinski definition) is 5. The molecule has 3 aromatic carbocycles. The molecule has 200 valence electrons. The number of carboxylic acids is 1. The molecule has 1 N–H and O–H groups in total. The average molecular weight is 583 g/mol. The summed E-state index contributed by atoms with van der Waals surface area (Å²) in [6, 6.07) is 23.3. The van der Waals surface area contributed by atoms with Gasteiger partial charge in [0.15, 0.2) is 0 Å². The number of aliphatic carboxylic acids is 1. The third-order valence-corrected chi connectivity index (χ3v) is 7.67. The first-order chi connectivity index (χ1) is 18.8. The highest BCUT2D eigenvalue weighted by Gasteiger charge is 2.32. The van der Waals surface area contributed by atoms with Gasteiger partial charge in [0.05, 0.1) is 29.3 Å². The van der Waals surface area contributed by atoms with Crippen molar-refractivity contribution in [2.45, 2.75) is 25.9 Å². The molecule has 1 aromatic heterocycles. The molecule has 0 aliphatic carbocycles. The van der Waals surface area contributed by atoms with Crippen molar-refractivity contribution >= 4 is 52.4 Å². The molecule has 39 heavy (non-hydrogen) atoms. The van der Waals surface area contributed by atoms with Crippen LogP contribution in [0.1, 0.15) is 38.1 Å². The zero-order valence-corrected chi connectivity index (χ0v) is 23.3. The van der Waals surface area contributed by atoms with E-state index in [0.717, 1.165) is 20.9 Å². The molecular formula is C30H25Cl2NO5S. The smallest absolute Gasteiger partial charge is 0.338 e. The van der Waals surface area contributed by atoms with Crippen LogP contribution in [0.3, 0.4) is 0 Å². The van der Waals surface area contributed by atoms with Crippen LogP contribution in [-0.4, -0.2) is 40.5 Å². The van der Waals surface area contributed by atoms with Crippen LogP contribution in [0, 0.1) is 0 Å². The highest BCUT2D eigenvalue weighted by Crippen LogP contribution is 2.31. The van der Waals surface area contributed by atoms with Crippen LogP contribution in [0.4, 0.5) is 0 Å². The van der Waals surface area contributed by atoms with Gasteiger partial charge in [-0.25, -0.2) is 9.59 Å². The number of hydrogen-bond donors (Lipinski definition) is 1. The Balaban J connectivity index is 1.68. The van der Waals surface area contributed by atoms with Crippen LogP contribution in [0.2, 0.25) is 10.0 Å². The Morgan fingerprint density at radius 1 is 0.949 bits per heavy atom. The number of carboxylic acid groups (broad SMARTS) is 1. The Hall–Kier alpha value is -3.65. The van der Waals surface area contributed by atoms with Crippen LogP contribution in [0.5, 0.6) is 0 Å². The highest BCUT2D eigenvalue weighted by atomic mass is 35.5. The predicted octanol–water partition coefficient (Wildman–Crippen LogP) is 7.24. The molecule has 1 heterocycles. The van der Waals surface area contributed by atoms with Crippen molar-refractivity contribution in [2.75, 3.05) is 6.61 Å². The molecule has 0 unspecified atom stereocenters. The lowest BCUT2D eigenvalue weighted by atomic mass is 10.0. The van der Waals surface area contributed by atoms with Crippen LogP contribution in [0.25, 0.3) is 10.4 Å². The molecule has 4 aromatic rings. The van der Waals surface area contributed by atoms with E-state index in [1.165, 1.54) is 28.4 Å². The van der Waals surface area contributed by atoms with Gasteiger partial charge in [-0.15, -0.1) is 11.3 Å². The first kappa shape index (κ1) is 28.4. The third-order valence-electron chi connectivity index (χ3n) is 6.00. The van der Waals surface area contributed by atoms with Crippen molar-refractivity contribution in [2.24, 2.45) is 0 Å². The molecule has 0 spiro atoms. The molecule has 0 bridgehead atoms. The van der Waals surface area contributed by atoms with Gasteiger partial charge in [-0.05, 0) is 60.5 Å². The molecule has 1 atom stereocenters. The van der Waals surface area contributed by atoms with Crippen molar-refractivity contribution in [3.8, 4) is 10.4 Å². The topological polar surface area (TPSA) is 83.9 Å². The van der Waals surface area contributed by atoms with Crippen LogP contribution >= 0.6 is 34.5 Å². The SMILES string of the molecule is CCOC(=O)c1cccc(-c2ccc(CN(C(=O)c3ccc(Cl)cc3Cl)[C@@H](Cc3ccccc3)C(=O)O)s2)c1. The fraction of sp³-hybridized carbons (Fsp3) is 0.167. The van der Waals surface area contributed by atoms with Crippen LogP contribution in [0.15, 0.2) is 84.9 Å². The highest BCUT2D eigenvalue weighted by molar-refractivity contribution is 7.15. The summed E-state index contributed by atoms with van der Waals surface area (Å²) in [4.78, 5) is 41.4. The summed E-state index contributed by atoms with van der Waals surface area (Å²) in [5.74, 6) is -2.05. The Labute approximate surface area is 240 Å². The summed E-state index contributed by atoms with van der Waals surface area (Å²) in [6.45, 7) is 2.07. The Morgan fingerprint density at radius 3 is 2.41 bits per heavy atom. The quantitative estimate of drug-likeness (QED) is 0.199. The number of amides is 1. The van der Waals surface area contributed by atoms with Gasteiger partial charge in [-0.3, -0.25) is 4.79 Å². The Morgan fingerprint density at radius 2 is 1.72 bits per heavy atom. The van der Waals surface area contributed by atoms with Gasteiger partial charge in [0.25, 0.3) is 5.91 Å². The number of rotatable bonds is 10. The zero-order chi connectivity index (χ0) is 27.9. The molecule has 1 amide bonds. The van der Waals surface area contributed by atoms with Crippen molar-refractivity contribution in [1.82, 2.24) is 4.90 Å². The number of benzene rings is 3. The predicted molar refractivity (Wildman–Crippen MR) is 154 cm³/mol. The van der Waals surface area contributed by atoms with E-state index in [0.29, 0.717) is 10.6 Å². The van der Waals surface area contributed by atoms with Gasteiger partial charge < -0.3 is 14.7 Å². The number of thiophene rings is 1. The second-order valence-corrected chi connectivity index (χ2v) is 10.7. The molecule has 0 radical (unpaired) electrons. The molecule has 0 saturated carbocycles. The molecule has 4 rings (SSSR count). The molecule has 0 aliphatic heterocycles. The second-order valence-electron chi connectivity index (χ2n) is 8.67. The lowest BCUT2D eigenvalue weighted by molar-refractivity contribution is -0.142. The van der Waals surface area contributed by atoms with Gasteiger partial charge in [0.1, 0.15) is 6.04 Å². The number of halogens is 2. The van der Waals surface area contributed by atoms with Crippen LogP contribution in [-0.2, 0) is 22.5 Å². The van der Waals surface area contributed by atoms with Crippen molar-refractivity contribution < 1.29 is 24.2 Å². The standard InChI is InChI=1S/C30H25Cl2NO5S/c1-2-38-30(37)21-10-6-9-20(16-21)27-14-12-23(39-27)18-33(28(34)24-13-11-22(31)17-25(24)32)26(29(35)36)15-19-7-4-3-5-8-19/h3-14,16-17,26H,2,15,18H2,1H3,(H,35,36)/t26-/m0/s1.